The van der Waals surface area contributed by atoms with Gasteiger partial charge in [0.1, 0.15) is 0 Å². The van der Waals surface area contributed by atoms with Crippen molar-refractivity contribution in [1.29, 1.82) is 0 Å². The van der Waals surface area contributed by atoms with Crippen LogP contribution < -0.4 is 5.73 Å². The summed E-state index contributed by atoms with van der Waals surface area (Å²) in [6.45, 7) is 2.51. The molecule has 2 heteroatoms. The van der Waals surface area contributed by atoms with Crippen LogP contribution in [-0.2, 0) is 0 Å². The van der Waals surface area contributed by atoms with E-state index in [0.29, 0.717) is 6.04 Å². The van der Waals surface area contributed by atoms with Crippen LogP contribution in [0.5, 0.6) is 0 Å². The zero-order chi connectivity index (χ0) is 10.7. The molecule has 15 heavy (non-hydrogen) atoms. The fourth-order valence-corrected chi connectivity index (χ4v) is 2.85. The van der Waals surface area contributed by atoms with Gasteiger partial charge in [0.15, 0.2) is 0 Å². The summed E-state index contributed by atoms with van der Waals surface area (Å²) in [5.41, 5.74) is 6.11. The molecule has 2 rings (SSSR count). The van der Waals surface area contributed by atoms with E-state index >= 15 is 0 Å². The molecule has 2 aliphatic carbocycles. The van der Waals surface area contributed by atoms with E-state index in [0.717, 1.165) is 11.8 Å². The van der Waals surface area contributed by atoms with Crippen molar-refractivity contribution in [3.05, 3.63) is 0 Å². The van der Waals surface area contributed by atoms with E-state index in [1.54, 1.807) is 0 Å². The van der Waals surface area contributed by atoms with E-state index in [1.165, 1.54) is 58.0 Å². The third-order valence-corrected chi connectivity index (χ3v) is 4.12. The number of hydrogen-bond donors (Lipinski definition) is 1. The number of nitrogens with zero attached hydrogens (tertiary/aromatic N) is 1. The van der Waals surface area contributed by atoms with Crippen molar-refractivity contribution in [2.24, 2.45) is 17.6 Å². The summed E-state index contributed by atoms with van der Waals surface area (Å²) in [7, 11) is 2.26. The molecule has 2 fully saturated rings. The molecular weight excluding hydrogens is 184 g/mol. The van der Waals surface area contributed by atoms with Gasteiger partial charge >= 0.3 is 0 Å². The average Bonchev–Trinajstić information content (AvgIpc) is 2.95. The molecule has 88 valence electrons. The molecule has 0 spiro atoms. The molecule has 0 bridgehead atoms. The largest absolute Gasteiger partial charge is 0.327 e. The highest BCUT2D eigenvalue weighted by molar-refractivity contribution is 4.84. The van der Waals surface area contributed by atoms with Gasteiger partial charge in [-0.25, -0.2) is 0 Å². The van der Waals surface area contributed by atoms with Gasteiger partial charge in [-0.15, -0.1) is 0 Å². The Morgan fingerprint density at radius 1 is 1.20 bits per heavy atom. The minimum Gasteiger partial charge on any atom is -0.327 e. The van der Waals surface area contributed by atoms with Crippen molar-refractivity contribution >= 4 is 0 Å². The first-order valence-electron chi connectivity index (χ1n) is 6.70. The summed E-state index contributed by atoms with van der Waals surface area (Å²) in [5.74, 6) is 1.84. The summed E-state index contributed by atoms with van der Waals surface area (Å²) >= 11 is 0. The lowest BCUT2D eigenvalue weighted by Crippen LogP contribution is -2.31. The van der Waals surface area contributed by atoms with Crippen LogP contribution >= 0.6 is 0 Å². The summed E-state index contributed by atoms with van der Waals surface area (Å²) in [4.78, 5) is 2.50. The van der Waals surface area contributed by atoms with Crippen LogP contribution in [0, 0.1) is 11.8 Å². The van der Waals surface area contributed by atoms with E-state index in [9.17, 15) is 0 Å². The van der Waals surface area contributed by atoms with Crippen LogP contribution in [-0.4, -0.2) is 31.1 Å². The van der Waals surface area contributed by atoms with Gasteiger partial charge in [-0.3, -0.25) is 0 Å². The summed E-state index contributed by atoms with van der Waals surface area (Å²) in [5, 5.41) is 0. The van der Waals surface area contributed by atoms with Crippen LogP contribution in [0.3, 0.4) is 0 Å². The Balaban J connectivity index is 1.56. The van der Waals surface area contributed by atoms with Gasteiger partial charge in [0.25, 0.3) is 0 Å². The van der Waals surface area contributed by atoms with Gasteiger partial charge in [-0.2, -0.15) is 0 Å². The molecule has 0 aliphatic heterocycles. The highest BCUT2D eigenvalue weighted by atomic mass is 15.1. The van der Waals surface area contributed by atoms with Crippen LogP contribution in [0.25, 0.3) is 0 Å². The highest BCUT2D eigenvalue weighted by Crippen LogP contribution is 2.33. The first kappa shape index (κ1) is 11.4. The average molecular weight is 210 g/mol. The maximum Gasteiger partial charge on any atom is 0.00793 e. The van der Waals surface area contributed by atoms with Crippen LogP contribution in [0.15, 0.2) is 0 Å². The lowest BCUT2D eigenvalue weighted by Gasteiger charge is -2.22. The minimum absolute atomic E-state index is 0.482. The Labute approximate surface area is 94.2 Å². The molecule has 0 radical (unpaired) electrons. The van der Waals surface area contributed by atoms with Crippen molar-refractivity contribution < 1.29 is 0 Å². The molecule has 2 saturated carbocycles. The third kappa shape index (κ3) is 3.76. The monoisotopic (exact) mass is 210 g/mol. The quantitative estimate of drug-likeness (QED) is 0.728. The summed E-state index contributed by atoms with van der Waals surface area (Å²) < 4.78 is 0. The highest BCUT2D eigenvalue weighted by Gasteiger charge is 2.28. The Morgan fingerprint density at radius 3 is 2.47 bits per heavy atom. The zero-order valence-electron chi connectivity index (χ0n) is 10.1. The van der Waals surface area contributed by atoms with Gasteiger partial charge in [0.05, 0.1) is 0 Å². The predicted octanol–water partition coefficient (Wildman–Crippen LogP) is 2.24. The number of nitrogens with two attached hydrogens (primary N) is 1. The standard InChI is InChI=1S/C13H26N2/c1-15(10-11-4-2-3-5-11)9-8-13(14)12-6-7-12/h11-13H,2-10,14H2,1H3. The molecule has 0 aromatic heterocycles. The molecular formula is C13H26N2. The van der Waals surface area contributed by atoms with E-state index in [-0.39, 0.29) is 0 Å². The number of hydrogen-bond acceptors (Lipinski definition) is 2. The van der Waals surface area contributed by atoms with Crippen LogP contribution in [0.2, 0.25) is 0 Å². The lowest BCUT2D eigenvalue weighted by atomic mass is 10.1. The van der Waals surface area contributed by atoms with Gasteiger partial charge in [-0.05, 0) is 57.5 Å². The molecule has 2 aliphatic rings. The molecule has 0 amide bonds. The van der Waals surface area contributed by atoms with Gasteiger partial charge in [0.2, 0.25) is 0 Å². The molecule has 1 unspecified atom stereocenters. The fraction of sp³-hybridized carbons (Fsp3) is 1.00. The van der Waals surface area contributed by atoms with Crippen molar-refractivity contribution in [1.82, 2.24) is 4.90 Å². The second kappa shape index (κ2) is 5.31. The van der Waals surface area contributed by atoms with Crippen LogP contribution in [0.1, 0.15) is 44.9 Å². The second-order valence-electron chi connectivity index (χ2n) is 5.70. The summed E-state index contributed by atoms with van der Waals surface area (Å²) in [6.07, 6.45) is 9.80. The van der Waals surface area contributed by atoms with Crippen LogP contribution in [0.4, 0.5) is 0 Å². The minimum atomic E-state index is 0.482. The van der Waals surface area contributed by atoms with E-state index in [2.05, 4.69) is 11.9 Å². The lowest BCUT2D eigenvalue weighted by molar-refractivity contribution is 0.265. The molecule has 1 atom stereocenters. The predicted molar refractivity (Wildman–Crippen MR) is 64.8 cm³/mol. The molecule has 0 aromatic rings. The number of rotatable bonds is 6. The van der Waals surface area contributed by atoms with E-state index < -0.39 is 0 Å². The van der Waals surface area contributed by atoms with E-state index in [4.69, 9.17) is 5.73 Å². The Hall–Kier alpha value is -0.0800. The maximum atomic E-state index is 6.11. The second-order valence-corrected chi connectivity index (χ2v) is 5.70. The Kier molecular flexibility index (Phi) is 4.04. The molecule has 0 saturated heterocycles. The van der Waals surface area contributed by atoms with Gasteiger partial charge < -0.3 is 10.6 Å². The van der Waals surface area contributed by atoms with Gasteiger partial charge in [0, 0.05) is 12.6 Å². The zero-order valence-corrected chi connectivity index (χ0v) is 10.1. The van der Waals surface area contributed by atoms with Gasteiger partial charge in [-0.1, -0.05) is 12.8 Å². The molecule has 0 heterocycles. The SMILES string of the molecule is CN(CCC(N)C1CC1)CC1CCCC1. The maximum absolute atomic E-state index is 6.11. The molecule has 0 aromatic carbocycles. The first-order valence-corrected chi connectivity index (χ1v) is 6.70. The molecule has 2 N–H and O–H groups in total. The Morgan fingerprint density at radius 2 is 1.87 bits per heavy atom. The van der Waals surface area contributed by atoms with Crippen molar-refractivity contribution in [2.75, 3.05) is 20.1 Å². The topological polar surface area (TPSA) is 29.3 Å². The summed E-state index contributed by atoms with van der Waals surface area (Å²) in [6, 6.07) is 0.482. The third-order valence-electron chi connectivity index (χ3n) is 4.12. The van der Waals surface area contributed by atoms with Crippen molar-refractivity contribution in [3.8, 4) is 0 Å². The van der Waals surface area contributed by atoms with E-state index in [1.807, 2.05) is 0 Å². The first-order chi connectivity index (χ1) is 7.25. The smallest absolute Gasteiger partial charge is 0.00793 e. The van der Waals surface area contributed by atoms with Crippen molar-refractivity contribution in [2.45, 2.75) is 51.0 Å². The van der Waals surface area contributed by atoms with Crippen molar-refractivity contribution in [3.63, 3.8) is 0 Å². The molecule has 2 nitrogen and oxygen atoms in total. The Bertz CT molecular complexity index is 183. The normalized spacial score (nSPS) is 25.0. The fourth-order valence-electron chi connectivity index (χ4n) is 2.85.